The minimum absolute atomic E-state index is 0.207. The van der Waals surface area contributed by atoms with Crippen LogP contribution >= 0.6 is 11.6 Å². The Hall–Kier alpha value is -2.81. The SMILES string of the molecule is C=CCCS(=O)(=O)NC(=O)c1ccc2c(c1)N(C[C@@H]1CC[C@]1(C)[C@H](O)CC=C)CC1(CCCc3cc(Cl)ccc31)CO2. The summed E-state index contributed by atoms with van der Waals surface area (Å²) in [7, 11) is -3.80. The second kappa shape index (κ2) is 12.1. The van der Waals surface area contributed by atoms with Crippen molar-refractivity contribution in [2.24, 2.45) is 11.3 Å². The summed E-state index contributed by atoms with van der Waals surface area (Å²) in [5.41, 5.74) is 2.96. The highest BCUT2D eigenvalue weighted by Crippen LogP contribution is 2.52. The van der Waals surface area contributed by atoms with Crippen LogP contribution in [0.1, 0.15) is 66.9 Å². The normalized spacial score (nSPS) is 25.7. The molecule has 2 aromatic carbocycles. The van der Waals surface area contributed by atoms with Crippen molar-refractivity contribution in [3.63, 3.8) is 0 Å². The highest BCUT2D eigenvalue weighted by molar-refractivity contribution is 7.90. The lowest BCUT2D eigenvalue weighted by Gasteiger charge is -2.52. The maximum absolute atomic E-state index is 13.1. The van der Waals surface area contributed by atoms with E-state index in [2.05, 4.69) is 41.8 Å². The Morgan fingerprint density at radius 1 is 1.24 bits per heavy atom. The summed E-state index contributed by atoms with van der Waals surface area (Å²) in [5, 5.41) is 11.7. The number of hydrogen-bond donors (Lipinski definition) is 2. The van der Waals surface area contributed by atoms with E-state index >= 15 is 0 Å². The lowest BCUT2D eigenvalue weighted by Crippen LogP contribution is -2.53. The molecule has 1 heterocycles. The average Bonchev–Trinajstić information content (AvgIpc) is 3.10. The molecule has 1 fully saturated rings. The van der Waals surface area contributed by atoms with Crippen molar-refractivity contribution in [1.82, 2.24) is 4.72 Å². The number of allylic oxidation sites excluding steroid dienone is 1. The number of rotatable bonds is 10. The molecule has 0 radical (unpaired) electrons. The average molecular weight is 613 g/mol. The fraction of sp³-hybridized carbons (Fsp3) is 0.485. The Labute approximate surface area is 254 Å². The molecule has 3 aliphatic rings. The molecule has 7 nitrogen and oxygen atoms in total. The highest BCUT2D eigenvalue weighted by Gasteiger charge is 2.49. The van der Waals surface area contributed by atoms with Crippen LogP contribution in [0.3, 0.4) is 0 Å². The lowest BCUT2D eigenvalue weighted by molar-refractivity contribution is -0.0695. The summed E-state index contributed by atoms with van der Waals surface area (Å²) in [6, 6.07) is 11.3. The van der Waals surface area contributed by atoms with Gasteiger partial charge in [0.1, 0.15) is 5.75 Å². The molecule has 0 aromatic heterocycles. The predicted molar refractivity (Wildman–Crippen MR) is 168 cm³/mol. The summed E-state index contributed by atoms with van der Waals surface area (Å²) < 4.78 is 33.6. The maximum atomic E-state index is 13.1. The number of fused-ring (bicyclic) bond motifs is 3. The molecule has 2 aromatic rings. The number of aliphatic hydroxyl groups excluding tert-OH is 1. The summed E-state index contributed by atoms with van der Waals surface area (Å²) in [6.45, 7) is 11.4. The van der Waals surface area contributed by atoms with Gasteiger partial charge in [-0.05, 0) is 97.7 Å². The van der Waals surface area contributed by atoms with E-state index in [1.165, 1.54) is 17.2 Å². The van der Waals surface area contributed by atoms with E-state index in [-0.39, 0.29) is 34.5 Å². The van der Waals surface area contributed by atoms with Gasteiger partial charge < -0.3 is 14.7 Å². The number of aliphatic hydroxyl groups is 1. The fourth-order valence-corrected chi connectivity index (χ4v) is 8.15. The molecule has 0 bridgehead atoms. The maximum Gasteiger partial charge on any atom is 0.264 e. The van der Waals surface area contributed by atoms with Crippen molar-refractivity contribution in [3.05, 3.63) is 83.4 Å². The summed E-state index contributed by atoms with van der Waals surface area (Å²) in [4.78, 5) is 15.4. The van der Waals surface area contributed by atoms with Gasteiger partial charge in [0, 0.05) is 29.1 Å². The van der Waals surface area contributed by atoms with Crippen molar-refractivity contribution < 1.29 is 23.1 Å². The lowest BCUT2D eigenvalue weighted by atomic mass is 9.57. The second-order valence-corrected chi connectivity index (χ2v) is 14.7. The van der Waals surface area contributed by atoms with Crippen LogP contribution in [-0.4, -0.2) is 51.0 Å². The smallest absolute Gasteiger partial charge is 0.264 e. The standard InChI is InChI=1S/C33H41ClN2O5S/c1-4-6-17-42(39,40)35-31(38)24-10-13-29-28(19-24)36(20-25-14-16-32(25,3)30(37)8-5-2)21-33(22-41-29)15-7-9-23-18-26(34)11-12-27(23)33/h4-5,10-13,18-19,25,30,37H,1-2,6-9,14-17,20-22H2,3H3,(H,35,38)/t25-,30+,32-,33?/m0/s1. The summed E-state index contributed by atoms with van der Waals surface area (Å²) in [5.74, 6) is 0.00211. The molecule has 226 valence electrons. The first kappa shape index (κ1) is 30.6. The zero-order valence-corrected chi connectivity index (χ0v) is 25.9. The number of ether oxygens (including phenoxy) is 1. The van der Waals surface area contributed by atoms with Crippen LogP contribution in [-0.2, 0) is 21.9 Å². The van der Waals surface area contributed by atoms with Crippen molar-refractivity contribution in [1.29, 1.82) is 0 Å². The van der Waals surface area contributed by atoms with Crippen LogP contribution in [0.15, 0.2) is 61.7 Å². The number of amides is 1. The van der Waals surface area contributed by atoms with E-state index in [1.807, 2.05) is 6.07 Å². The van der Waals surface area contributed by atoms with Gasteiger partial charge in [0.05, 0.1) is 24.2 Å². The third-order valence-corrected chi connectivity index (χ3v) is 11.2. The number of halogens is 1. The van der Waals surface area contributed by atoms with Gasteiger partial charge in [-0.3, -0.25) is 4.79 Å². The molecule has 2 N–H and O–H groups in total. The van der Waals surface area contributed by atoms with Crippen LogP contribution in [0.2, 0.25) is 5.02 Å². The number of sulfonamides is 1. The number of anilines is 1. The zero-order valence-electron chi connectivity index (χ0n) is 24.3. The molecule has 9 heteroatoms. The topological polar surface area (TPSA) is 95.9 Å². The Bertz CT molecular complexity index is 1480. The van der Waals surface area contributed by atoms with Crippen LogP contribution in [0.4, 0.5) is 5.69 Å². The molecular formula is C33H41ClN2O5S. The Morgan fingerprint density at radius 2 is 2.05 bits per heavy atom. The quantitative estimate of drug-likeness (QED) is 0.329. The molecule has 5 rings (SSSR count). The van der Waals surface area contributed by atoms with E-state index in [9.17, 15) is 18.3 Å². The van der Waals surface area contributed by atoms with Crippen LogP contribution in [0, 0.1) is 11.3 Å². The van der Waals surface area contributed by atoms with Gasteiger partial charge in [-0.25, -0.2) is 13.1 Å². The van der Waals surface area contributed by atoms with Crippen LogP contribution < -0.4 is 14.4 Å². The molecule has 2 aliphatic carbocycles. The number of carbonyl (C=O) groups is 1. The number of benzene rings is 2. The molecule has 1 amide bonds. The van der Waals surface area contributed by atoms with Gasteiger partial charge in [-0.1, -0.05) is 36.7 Å². The molecule has 1 spiro atoms. The first-order valence-electron chi connectivity index (χ1n) is 14.8. The number of aryl methyl sites for hydroxylation is 1. The van der Waals surface area contributed by atoms with Crippen LogP contribution in [0.5, 0.6) is 5.75 Å². The third kappa shape index (κ3) is 5.99. The fourth-order valence-electron chi connectivity index (χ4n) is 6.98. The van der Waals surface area contributed by atoms with Gasteiger partial charge >= 0.3 is 0 Å². The van der Waals surface area contributed by atoms with Gasteiger partial charge in [0.2, 0.25) is 10.0 Å². The number of nitrogens with zero attached hydrogens (tertiary/aromatic N) is 1. The number of hydrogen-bond acceptors (Lipinski definition) is 6. The molecule has 0 saturated heterocycles. The van der Waals surface area contributed by atoms with E-state index in [0.717, 1.165) is 42.8 Å². The Morgan fingerprint density at radius 3 is 2.76 bits per heavy atom. The molecule has 1 unspecified atom stereocenters. The first-order chi connectivity index (χ1) is 20.0. The van der Waals surface area contributed by atoms with Crippen molar-refractivity contribution >= 4 is 33.2 Å². The van der Waals surface area contributed by atoms with Crippen molar-refractivity contribution in [3.8, 4) is 5.75 Å². The molecular weight excluding hydrogens is 572 g/mol. The largest absolute Gasteiger partial charge is 0.490 e. The predicted octanol–water partition coefficient (Wildman–Crippen LogP) is 5.80. The highest BCUT2D eigenvalue weighted by atomic mass is 35.5. The zero-order chi connectivity index (χ0) is 30.1. The summed E-state index contributed by atoms with van der Waals surface area (Å²) in [6.07, 6.45) is 8.42. The van der Waals surface area contributed by atoms with Crippen molar-refractivity contribution in [2.45, 2.75) is 63.4 Å². The number of nitrogens with one attached hydrogen (secondary N) is 1. The van der Waals surface area contributed by atoms with E-state index in [1.54, 1.807) is 24.3 Å². The molecule has 1 aliphatic heterocycles. The first-order valence-corrected chi connectivity index (χ1v) is 16.8. The van der Waals surface area contributed by atoms with Gasteiger partial charge in [0.15, 0.2) is 0 Å². The monoisotopic (exact) mass is 612 g/mol. The van der Waals surface area contributed by atoms with E-state index in [0.29, 0.717) is 31.9 Å². The Balaban J connectivity index is 1.52. The molecule has 42 heavy (non-hydrogen) atoms. The molecule has 4 atom stereocenters. The Kier molecular flexibility index (Phi) is 8.80. The molecule has 1 saturated carbocycles. The van der Waals surface area contributed by atoms with Crippen LogP contribution in [0.25, 0.3) is 0 Å². The minimum atomic E-state index is -3.80. The van der Waals surface area contributed by atoms with Gasteiger partial charge in [-0.15, -0.1) is 13.2 Å². The third-order valence-electron chi connectivity index (χ3n) is 9.69. The second-order valence-electron chi connectivity index (χ2n) is 12.4. The van der Waals surface area contributed by atoms with Gasteiger partial charge in [-0.2, -0.15) is 0 Å². The summed E-state index contributed by atoms with van der Waals surface area (Å²) >= 11 is 6.38. The van der Waals surface area contributed by atoms with E-state index in [4.69, 9.17) is 16.3 Å². The number of carbonyl (C=O) groups excluding carboxylic acids is 1. The van der Waals surface area contributed by atoms with E-state index < -0.39 is 22.0 Å². The minimum Gasteiger partial charge on any atom is -0.490 e. The van der Waals surface area contributed by atoms with Gasteiger partial charge in [0.25, 0.3) is 5.91 Å². The van der Waals surface area contributed by atoms with Crippen molar-refractivity contribution in [2.75, 3.05) is 30.3 Å².